The van der Waals surface area contributed by atoms with Crippen LogP contribution in [0.5, 0.6) is 0 Å². The summed E-state index contributed by atoms with van der Waals surface area (Å²) in [6.07, 6.45) is 1.67. The Hall–Kier alpha value is -3.43. The minimum Gasteiger partial charge on any atom is -0.354 e. The lowest BCUT2D eigenvalue weighted by Crippen LogP contribution is -2.51. The zero-order valence-corrected chi connectivity index (χ0v) is 23.8. The molecule has 1 unspecified atom stereocenters. The van der Waals surface area contributed by atoms with E-state index in [1.54, 1.807) is 50.2 Å². The van der Waals surface area contributed by atoms with Gasteiger partial charge in [0.05, 0.1) is 10.6 Å². The number of carbonyl (C=O) groups excluding carboxylic acids is 2. The Morgan fingerprint density at radius 3 is 2.31 bits per heavy atom. The number of nitrogens with zero attached hydrogens (tertiary/aromatic N) is 2. The predicted octanol–water partition coefficient (Wildman–Crippen LogP) is 5.32. The number of hydrogen-bond acceptors (Lipinski definition) is 4. The highest BCUT2D eigenvalue weighted by atomic mass is 35.5. The first-order valence-electron chi connectivity index (χ1n) is 12.7. The molecule has 0 saturated carbocycles. The summed E-state index contributed by atoms with van der Waals surface area (Å²) >= 11 is 6.12. The van der Waals surface area contributed by atoms with Crippen molar-refractivity contribution in [1.29, 1.82) is 0 Å². The number of carbonyl (C=O) groups is 2. The summed E-state index contributed by atoms with van der Waals surface area (Å²) in [6, 6.07) is 17.2. The van der Waals surface area contributed by atoms with Crippen molar-refractivity contribution in [3.05, 3.63) is 94.8 Å². The first-order chi connectivity index (χ1) is 18.5. The van der Waals surface area contributed by atoms with Crippen molar-refractivity contribution in [1.82, 2.24) is 10.2 Å². The van der Waals surface area contributed by atoms with Gasteiger partial charge in [-0.2, -0.15) is 0 Å². The van der Waals surface area contributed by atoms with E-state index in [2.05, 4.69) is 5.32 Å². The number of amides is 2. The zero-order chi connectivity index (χ0) is 28.6. The Morgan fingerprint density at radius 1 is 1.03 bits per heavy atom. The molecule has 0 aliphatic carbocycles. The van der Waals surface area contributed by atoms with Crippen molar-refractivity contribution < 1.29 is 22.4 Å². The van der Waals surface area contributed by atoms with Crippen molar-refractivity contribution in [3.63, 3.8) is 0 Å². The fraction of sp³-hybridized carbons (Fsp3) is 0.310. The van der Waals surface area contributed by atoms with Crippen LogP contribution in [0, 0.1) is 12.7 Å². The summed E-state index contributed by atoms with van der Waals surface area (Å²) < 4.78 is 42.2. The maximum absolute atomic E-state index is 13.9. The first-order valence-corrected chi connectivity index (χ1v) is 14.5. The number of rotatable bonds is 12. The van der Waals surface area contributed by atoms with Gasteiger partial charge in [-0.3, -0.25) is 13.9 Å². The van der Waals surface area contributed by atoms with Gasteiger partial charge < -0.3 is 10.2 Å². The molecule has 0 aromatic heterocycles. The van der Waals surface area contributed by atoms with Crippen LogP contribution in [0.4, 0.5) is 10.1 Å². The van der Waals surface area contributed by atoms with Gasteiger partial charge in [0.15, 0.2) is 0 Å². The molecule has 2 amide bonds. The van der Waals surface area contributed by atoms with Crippen LogP contribution in [0.2, 0.25) is 5.02 Å². The van der Waals surface area contributed by atoms with Gasteiger partial charge >= 0.3 is 0 Å². The van der Waals surface area contributed by atoms with Crippen LogP contribution in [-0.2, 0) is 26.2 Å². The van der Waals surface area contributed by atoms with E-state index in [0.29, 0.717) is 28.4 Å². The van der Waals surface area contributed by atoms with Gasteiger partial charge in [0.2, 0.25) is 11.8 Å². The summed E-state index contributed by atoms with van der Waals surface area (Å²) in [6.45, 7) is 5.18. The van der Waals surface area contributed by atoms with Crippen LogP contribution in [0.3, 0.4) is 0 Å². The summed E-state index contributed by atoms with van der Waals surface area (Å²) in [5.41, 5.74) is 1.45. The van der Waals surface area contributed by atoms with Crippen LogP contribution in [0.15, 0.2) is 77.7 Å². The molecule has 0 spiro atoms. The standard InChI is InChI=1S/C29H33ClFN3O4S/c1-4-5-17-32-29(36)22(3)33(19-23-11-14-25(31)15-12-23)28(35)20-34(27-16-13-24(30)18-21(27)2)39(37,38)26-9-7-6-8-10-26/h6-16,18,22H,4-5,17,19-20H2,1-3H3,(H,32,36). The van der Waals surface area contributed by atoms with E-state index in [-0.39, 0.29) is 17.3 Å². The fourth-order valence-electron chi connectivity index (χ4n) is 4.04. The smallest absolute Gasteiger partial charge is 0.264 e. The van der Waals surface area contributed by atoms with Gasteiger partial charge in [-0.15, -0.1) is 0 Å². The maximum atomic E-state index is 13.9. The third-order valence-electron chi connectivity index (χ3n) is 6.30. The second-order valence-corrected chi connectivity index (χ2v) is 11.5. The lowest BCUT2D eigenvalue weighted by Gasteiger charge is -2.32. The van der Waals surface area contributed by atoms with Crippen LogP contribution in [0.1, 0.15) is 37.8 Å². The fourth-order valence-corrected chi connectivity index (χ4v) is 5.76. The molecule has 3 rings (SSSR count). The number of halogens is 2. The van der Waals surface area contributed by atoms with E-state index in [1.807, 2.05) is 6.92 Å². The number of benzene rings is 3. The largest absolute Gasteiger partial charge is 0.354 e. The molecule has 3 aromatic rings. The van der Waals surface area contributed by atoms with Crippen LogP contribution >= 0.6 is 11.6 Å². The second kappa shape index (κ2) is 13.6. The molecule has 0 aliphatic rings. The molecule has 3 aromatic carbocycles. The van der Waals surface area contributed by atoms with Gasteiger partial charge in [0.25, 0.3) is 10.0 Å². The zero-order valence-electron chi connectivity index (χ0n) is 22.2. The number of sulfonamides is 1. The van der Waals surface area contributed by atoms with Gasteiger partial charge in [0, 0.05) is 18.1 Å². The summed E-state index contributed by atoms with van der Waals surface area (Å²) in [4.78, 5) is 28.2. The van der Waals surface area contributed by atoms with E-state index in [4.69, 9.17) is 11.6 Å². The molecular weight excluding hydrogens is 541 g/mol. The lowest BCUT2D eigenvalue weighted by atomic mass is 10.1. The van der Waals surface area contributed by atoms with E-state index >= 15 is 0 Å². The minimum absolute atomic E-state index is 0.0136. The van der Waals surface area contributed by atoms with Crippen molar-refractivity contribution in [3.8, 4) is 0 Å². The van der Waals surface area contributed by atoms with E-state index in [1.165, 1.54) is 41.3 Å². The lowest BCUT2D eigenvalue weighted by molar-refractivity contribution is -0.139. The molecule has 10 heteroatoms. The monoisotopic (exact) mass is 573 g/mol. The highest BCUT2D eigenvalue weighted by molar-refractivity contribution is 7.92. The van der Waals surface area contributed by atoms with Gasteiger partial charge in [-0.05, 0) is 73.9 Å². The maximum Gasteiger partial charge on any atom is 0.264 e. The Morgan fingerprint density at radius 2 is 1.69 bits per heavy atom. The topological polar surface area (TPSA) is 86.8 Å². The molecule has 0 radical (unpaired) electrons. The average Bonchev–Trinajstić information content (AvgIpc) is 2.91. The number of anilines is 1. The van der Waals surface area contributed by atoms with Crippen LogP contribution < -0.4 is 9.62 Å². The first kappa shape index (κ1) is 30.1. The van der Waals surface area contributed by atoms with Crippen LogP contribution in [-0.4, -0.2) is 44.3 Å². The second-order valence-electron chi connectivity index (χ2n) is 9.22. The molecule has 0 bridgehead atoms. The molecule has 0 saturated heterocycles. The number of nitrogens with one attached hydrogen (secondary N) is 1. The van der Waals surface area contributed by atoms with Crippen molar-refractivity contribution in [2.45, 2.75) is 51.1 Å². The normalized spacial score (nSPS) is 12.0. The number of unbranched alkanes of at least 4 members (excludes halogenated alkanes) is 1. The number of aryl methyl sites for hydroxylation is 1. The molecule has 7 nitrogen and oxygen atoms in total. The summed E-state index contributed by atoms with van der Waals surface area (Å²) in [7, 11) is -4.17. The Labute approximate surface area is 234 Å². The third-order valence-corrected chi connectivity index (χ3v) is 8.31. The third kappa shape index (κ3) is 7.80. The average molecular weight is 574 g/mol. The predicted molar refractivity (Wildman–Crippen MR) is 151 cm³/mol. The SMILES string of the molecule is CCCCNC(=O)C(C)N(Cc1ccc(F)cc1)C(=O)CN(c1ccc(Cl)cc1C)S(=O)(=O)c1ccccc1. The minimum atomic E-state index is -4.17. The van der Waals surface area contributed by atoms with Gasteiger partial charge in [-0.1, -0.05) is 55.3 Å². The molecule has 208 valence electrons. The van der Waals surface area contributed by atoms with Crippen molar-refractivity contribution in [2.24, 2.45) is 0 Å². The molecular formula is C29H33ClFN3O4S. The molecule has 0 fully saturated rings. The molecule has 0 heterocycles. The van der Waals surface area contributed by atoms with Gasteiger partial charge in [0.1, 0.15) is 18.4 Å². The van der Waals surface area contributed by atoms with Crippen molar-refractivity contribution >= 4 is 39.1 Å². The Bertz CT molecular complexity index is 1390. The Kier molecular flexibility index (Phi) is 10.5. The van der Waals surface area contributed by atoms with Crippen molar-refractivity contribution in [2.75, 3.05) is 17.4 Å². The number of hydrogen-bond donors (Lipinski definition) is 1. The molecule has 1 atom stereocenters. The van der Waals surface area contributed by atoms with Crippen LogP contribution in [0.25, 0.3) is 0 Å². The highest BCUT2D eigenvalue weighted by Crippen LogP contribution is 2.29. The highest BCUT2D eigenvalue weighted by Gasteiger charge is 2.33. The van der Waals surface area contributed by atoms with E-state index in [9.17, 15) is 22.4 Å². The molecule has 1 N–H and O–H groups in total. The van der Waals surface area contributed by atoms with E-state index in [0.717, 1.165) is 17.1 Å². The molecule has 0 aliphatic heterocycles. The molecule has 39 heavy (non-hydrogen) atoms. The van der Waals surface area contributed by atoms with E-state index < -0.39 is 34.3 Å². The Balaban J connectivity index is 2.01. The van der Waals surface area contributed by atoms with Gasteiger partial charge in [-0.25, -0.2) is 12.8 Å². The quantitative estimate of drug-likeness (QED) is 0.297. The summed E-state index contributed by atoms with van der Waals surface area (Å²) in [5, 5.41) is 3.26. The summed E-state index contributed by atoms with van der Waals surface area (Å²) in [5.74, 6) is -1.38.